The van der Waals surface area contributed by atoms with E-state index in [0.717, 1.165) is 39.3 Å². The molecule has 1 heterocycles. The van der Waals surface area contributed by atoms with Crippen LogP contribution in [0, 0.1) is 48.0 Å². The van der Waals surface area contributed by atoms with Crippen molar-refractivity contribution in [3.63, 3.8) is 0 Å². The summed E-state index contributed by atoms with van der Waals surface area (Å²) in [5, 5.41) is 22.3. The van der Waals surface area contributed by atoms with Gasteiger partial charge in [0.1, 0.15) is 17.3 Å². The third-order valence-electron chi connectivity index (χ3n) is 7.71. The van der Waals surface area contributed by atoms with E-state index < -0.39 is 22.3 Å². The van der Waals surface area contributed by atoms with Gasteiger partial charge in [0.15, 0.2) is 5.78 Å². The number of nitro groups is 1. The molecule has 0 saturated heterocycles. The van der Waals surface area contributed by atoms with Crippen molar-refractivity contribution in [2.45, 2.75) is 56.6 Å². The third-order valence-corrected chi connectivity index (χ3v) is 8.78. The summed E-state index contributed by atoms with van der Waals surface area (Å²) >= 11 is 1.71. The molecule has 41 heavy (non-hydrogen) atoms. The zero-order valence-corrected chi connectivity index (χ0v) is 23.8. The van der Waals surface area contributed by atoms with E-state index in [9.17, 15) is 24.6 Å². The highest BCUT2D eigenvalue weighted by Crippen LogP contribution is 2.49. The topological polar surface area (TPSA) is 113 Å². The van der Waals surface area contributed by atoms with Gasteiger partial charge >= 0.3 is 0 Å². The van der Waals surface area contributed by atoms with Gasteiger partial charge in [-0.25, -0.2) is 4.39 Å². The van der Waals surface area contributed by atoms with Crippen molar-refractivity contribution in [2.24, 2.45) is 5.73 Å². The fourth-order valence-electron chi connectivity index (χ4n) is 5.71. The fourth-order valence-corrected chi connectivity index (χ4v) is 6.66. The maximum absolute atomic E-state index is 14.0. The van der Waals surface area contributed by atoms with Crippen LogP contribution in [0.25, 0.3) is 0 Å². The number of ketones is 1. The molecule has 3 aromatic carbocycles. The molecule has 1 aliphatic carbocycles. The van der Waals surface area contributed by atoms with Crippen LogP contribution < -0.4 is 10.6 Å². The van der Waals surface area contributed by atoms with Gasteiger partial charge in [-0.2, -0.15) is 5.26 Å². The van der Waals surface area contributed by atoms with Crippen LogP contribution >= 0.6 is 11.8 Å². The van der Waals surface area contributed by atoms with Crippen molar-refractivity contribution >= 4 is 28.9 Å². The summed E-state index contributed by atoms with van der Waals surface area (Å²) in [6, 6.07) is 17.9. The third kappa shape index (κ3) is 5.23. The minimum atomic E-state index is -0.765. The number of aryl methyl sites for hydroxylation is 2. The van der Waals surface area contributed by atoms with Gasteiger partial charge in [-0.15, -0.1) is 11.8 Å². The van der Waals surface area contributed by atoms with E-state index in [0.29, 0.717) is 36.3 Å². The number of carbonyl (C=O) groups excluding carboxylic acids is 1. The number of nitro benzene ring substituents is 1. The number of carbonyl (C=O) groups is 1. The quantitative estimate of drug-likeness (QED) is 0.189. The molecule has 1 atom stereocenters. The van der Waals surface area contributed by atoms with Crippen molar-refractivity contribution in [1.29, 1.82) is 5.26 Å². The number of hydrogen-bond acceptors (Lipinski definition) is 7. The first-order valence-electron chi connectivity index (χ1n) is 13.3. The minimum absolute atomic E-state index is 0.0112. The summed E-state index contributed by atoms with van der Waals surface area (Å²) in [5.74, 6) is -0.884. The molecule has 0 fully saturated rings. The average Bonchev–Trinajstić information content (AvgIpc) is 2.94. The normalized spacial score (nSPS) is 17.0. The van der Waals surface area contributed by atoms with Crippen molar-refractivity contribution in [2.75, 3.05) is 4.90 Å². The van der Waals surface area contributed by atoms with Gasteiger partial charge in [0.2, 0.25) is 0 Å². The molecule has 0 bridgehead atoms. The number of hydrogen-bond donors (Lipinski definition) is 1. The number of nitrogens with zero attached hydrogens (tertiary/aromatic N) is 3. The average molecular weight is 569 g/mol. The maximum atomic E-state index is 14.0. The number of benzene rings is 3. The fraction of sp³-hybridized carbons (Fsp3) is 0.250. The Hall–Kier alpha value is -4.42. The number of halogens is 1. The van der Waals surface area contributed by atoms with Crippen molar-refractivity contribution in [3.05, 3.63) is 121 Å². The predicted octanol–water partition coefficient (Wildman–Crippen LogP) is 7.26. The van der Waals surface area contributed by atoms with E-state index in [4.69, 9.17) is 5.73 Å². The molecular weight excluding hydrogens is 539 g/mol. The molecule has 1 aliphatic heterocycles. The van der Waals surface area contributed by atoms with Gasteiger partial charge in [0.25, 0.3) is 5.69 Å². The number of allylic oxidation sites excluding steroid dienone is 3. The van der Waals surface area contributed by atoms with Crippen LogP contribution in [0.5, 0.6) is 0 Å². The molecule has 2 N–H and O–H groups in total. The van der Waals surface area contributed by atoms with Crippen LogP contribution in [-0.2, 0) is 10.5 Å². The van der Waals surface area contributed by atoms with Crippen LogP contribution in [-0.4, -0.2) is 10.7 Å². The number of nitrogens with two attached hydrogens (primary N) is 1. The van der Waals surface area contributed by atoms with Crippen molar-refractivity contribution in [1.82, 2.24) is 0 Å². The number of anilines is 1. The van der Waals surface area contributed by atoms with Crippen LogP contribution in [0.4, 0.5) is 15.8 Å². The first kappa shape index (κ1) is 28.1. The highest BCUT2D eigenvalue weighted by molar-refractivity contribution is 7.98. The van der Waals surface area contributed by atoms with Gasteiger partial charge in [0, 0.05) is 28.3 Å². The van der Waals surface area contributed by atoms with Crippen LogP contribution in [0.15, 0.2) is 82.2 Å². The Morgan fingerprint density at radius 3 is 2.51 bits per heavy atom. The van der Waals surface area contributed by atoms with E-state index in [1.54, 1.807) is 11.8 Å². The van der Waals surface area contributed by atoms with Gasteiger partial charge in [-0.1, -0.05) is 35.4 Å². The van der Waals surface area contributed by atoms with Crippen molar-refractivity contribution < 1.29 is 14.1 Å². The van der Waals surface area contributed by atoms with Gasteiger partial charge in [-0.3, -0.25) is 19.8 Å². The number of nitriles is 1. The molecule has 0 amide bonds. The zero-order valence-electron chi connectivity index (χ0n) is 23.0. The second kappa shape index (κ2) is 11.2. The lowest BCUT2D eigenvalue weighted by atomic mass is 9.73. The molecule has 0 saturated carbocycles. The molecule has 0 aromatic heterocycles. The van der Waals surface area contributed by atoms with E-state index in [1.165, 1.54) is 16.5 Å². The molecule has 3 aromatic rings. The Bertz CT molecular complexity index is 1690. The molecule has 0 spiro atoms. The molecule has 9 heteroatoms. The van der Waals surface area contributed by atoms with Crippen molar-refractivity contribution in [3.8, 4) is 6.07 Å². The van der Waals surface area contributed by atoms with Gasteiger partial charge < -0.3 is 5.73 Å². The molecule has 2 aliphatic rings. The number of Topliss-reactive ketones (excluding diaryl/α,β-unsaturated/α-hetero) is 1. The predicted molar refractivity (Wildman–Crippen MR) is 158 cm³/mol. The second-order valence-corrected chi connectivity index (χ2v) is 11.5. The summed E-state index contributed by atoms with van der Waals surface area (Å²) < 4.78 is 14.0. The highest BCUT2D eigenvalue weighted by atomic mass is 32.2. The summed E-state index contributed by atoms with van der Waals surface area (Å²) in [7, 11) is 0. The highest BCUT2D eigenvalue weighted by Gasteiger charge is 2.42. The van der Waals surface area contributed by atoms with E-state index in [1.807, 2.05) is 26.8 Å². The maximum Gasteiger partial charge on any atom is 0.296 e. The van der Waals surface area contributed by atoms with E-state index >= 15 is 0 Å². The Balaban J connectivity index is 1.66. The Morgan fingerprint density at radius 1 is 1.10 bits per heavy atom. The molecule has 208 valence electrons. The zero-order chi connectivity index (χ0) is 29.4. The molecule has 0 radical (unpaired) electrons. The van der Waals surface area contributed by atoms with E-state index in [-0.39, 0.29) is 22.9 Å². The van der Waals surface area contributed by atoms with Crippen LogP contribution in [0.2, 0.25) is 0 Å². The molecule has 7 nitrogen and oxygen atoms in total. The monoisotopic (exact) mass is 568 g/mol. The summed E-state index contributed by atoms with van der Waals surface area (Å²) in [6.45, 7) is 6.03. The lowest BCUT2D eigenvalue weighted by Crippen LogP contribution is -2.39. The Kier molecular flexibility index (Phi) is 7.70. The van der Waals surface area contributed by atoms with E-state index in [2.05, 4.69) is 36.4 Å². The SMILES string of the molecule is Cc1ccc(SCc2cc(C)cc(C3C(C#N)=C(N)N(c4ccc(F)cc4[N+](=O)[O-])C4=C3C(=O)CCC4)c2C)cc1. The Morgan fingerprint density at radius 2 is 1.83 bits per heavy atom. The largest absolute Gasteiger partial charge is 0.384 e. The summed E-state index contributed by atoms with van der Waals surface area (Å²) in [6.07, 6.45) is 1.27. The molecule has 1 unspecified atom stereocenters. The molecular formula is C32H29FN4O3S. The first-order chi connectivity index (χ1) is 19.6. The summed E-state index contributed by atoms with van der Waals surface area (Å²) in [5.41, 5.74) is 12.3. The van der Waals surface area contributed by atoms with Gasteiger partial charge in [0.05, 0.1) is 28.5 Å². The van der Waals surface area contributed by atoms with Crippen LogP contribution in [0.3, 0.4) is 0 Å². The smallest absolute Gasteiger partial charge is 0.296 e. The number of rotatable bonds is 6. The molecule has 5 rings (SSSR count). The lowest BCUT2D eigenvalue weighted by Gasteiger charge is -2.39. The summed E-state index contributed by atoms with van der Waals surface area (Å²) in [4.78, 5) is 27.4. The standard InChI is InChI=1S/C32H29FN4O3S/c1-18-7-10-23(11-8-18)41-17-21-13-19(2)14-24(20(21)3)30-25(16-34)32(35)36(27-5-4-6-29(38)31(27)30)26-12-9-22(33)15-28(26)37(39)40/h7-15,30H,4-6,17,35H2,1-3H3. The number of thioether (sulfide) groups is 1. The first-order valence-corrected chi connectivity index (χ1v) is 14.3. The Labute approximate surface area is 242 Å². The minimum Gasteiger partial charge on any atom is -0.384 e. The lowest BCUT2D eigenvalue weighted by molar-refractivity contribution is -0.384. The van der Waals surface area contributed by atoms with Crippen LogP contribution in [0.1, 0.15) is 53.0 Å². The van der Waals surface area contributed by atoms with Gasteiger partial charge in [-0.05, 0) is 74.6 Å². The second-order valence-electron chi connectivity index (χ2n) is 10.4.